The van der Waals surface area contributed by atoms with Gasteiger partial charge in [-0.25, -0.2) is 4.68 Å². The summed E-state index contributed by atoms with van der Waals surface area (Å²) < 4.78 is 12.2. The molecule has 0 spiro atoms. The number of benzene rings is 2. The van der Waals surface area contributed by atoms with Crippen LogP contribution in [-0.2, 0) is 7.05 Å². The van der Waals surface area contributed by atoms with Crippen LogP contribution in [0.2, 0.25) is 0 Å². The van der Waals surface area contributed by atoms with Crippen LogP contribution in [0.4, 0.5) is 5.69 Å². The number of nitro benzene ring substituents is 1. The SMILES string of the molecule is COc1cc(=O)n(C)nc1-c1cc([N+](=O)[O-])ccc1Oc1ccccc1. The summed E-state index contributed by atoms with van der Waals surface area (Å²) in [6.45, 7) is 0. The van der Waals surface area contributed by atoms with Gasteiger partial charge in [0.15, 0.2) is 5.75 Å². The Labute approximate surface area is 148 Å². The number of rotatable bonds is 5. The second kappa shape index (κ2) is 7.06. The smallest absolute Gasteiger partial charge is 0.270 e. The molecule has 3 rings (SSSR count). The van der Waals surface area contributed by atoms with Crippen molar-refractivity contribution in [2.45, 2.75) is 0 Å². The zero-order valence-corrected chi connectivity index (χ0v) is 14.1. The Morgan fingerprint density at radius 2 is 1.81 bits per heavy atom. The molecule has 0 amide bonds. The van der Waals surface area contributed by atoms with Crippen LogP contribution in [0.3, 0.4) is 0 Å². The van der Waals surface area contributed by atoms with Gasteiger partial charge in [0.2, 0.25) is 0 Å². The second-order valence-electron chi connectivity index (χ2n) is 5.38. The molecule has 26 heavy (non-hydrogen) atoms. The van der Waals surface area contributed by atoms with E-state index in [9.17, 15) is 14.9 Å². The van der Waals surface area contributed by atoms with Crippen molar-refractivity contribution >= 4 is 5.69 Å². The van der Waals surface area contributed by atoms with Gasteiger partial charge in [-0.3, -0.25) is 14.9 Å². The van der Waals surface area contributed by atoms with Crippen molar-refractivity contribution in [3.8, 4) is 28.5 Å². The summed E-state index contributed by atoms with van der Waals surface area (Å²) in [4.78, 5) is 22.5. The van der Waals surface area contributed by atoms with Crippen LogP contribution in [-0.4, -0.2) is 21.8 Å². The topological polar surface area (TPSA) is 96.5 Å². The maximum Gasteiger partial charge on any atom is 0.270 e. The van der Waals surface area contributed by atoms with E-state index in [1.807, 2.05) is 18.2 Å². The molecule has 0 radical (unpaired) electrons. The molecule has 3 aromatic rings. The highest BCUT2D eigenvalue weighted by Gasteiger charge is 2.20. The van der Waals surface area contributed by atoms with Gasteiger partial charge >= 0.3 is 0 Å². The molecule has 0 bridgehead atoms. The fraction of sp³-hybridized carbons (Fsp3) is 0.111. The highest BCUT2D eigenvalue weighted by atomic mass is 16.6. The third-order valence-corrected chi connectivity index (χ3v) is 3.68. The zero-order valence-electron chi connectivity index (χ0n) is 14.1. The van der Waals surface area contributed by atoms with Crippen molar-refractivity contribution in [1.82, 2.24) is 9.78 Å². The van der Waals surface area contributed by atoms with E-state index in [0.717, 1.165) is 4.68 Å². The van der Waals surface area contributed by atoms with Crippen LogP contribution in [0.5, 0.6) is 17.2 Å². The normalized spacial score (nSPS) is 10.4. The van der Waals surface area contributed by atoms with E-state index in [2.05, 4.69) is 5.10 Å². The Morgan fingerprint density at radius 3 is 2.46 bits per heavy atom. The van der Waals surface area contributed by atoms with E-state index in [4.69, 9.17) is 9.47 Å². The molecule has 1 aromatic heterocycles. The van der Waals surface area contributed by atoms with Gasteiger partial charge in [-0.2, -0.15) is 5.10 Å². The first-order chi connectivity index (χ1) is 12.5. The van der Waals surface area contributed by atoms with Crippen LogP contribution in [0.25, 0.3) is 11.3 Å². The predicted molar refractivity (Wildman–Crippen MR) is 94.6 cm³/mol. The molecule has 2 aromatic carbocycles. The summed E-state index contributed by atoms with van der Waals surface area (Å²) in [6, 6.07) is 14.4. The first-order valence-electron chi connectivity index (χ1n) is 7.63. The van der Waals surface area contributed by atoms with Gasteiger partial charge < -0.3 is 9.47 Å². The number of aromatic nitrogens is 2. The average Bonchev–Trinajstić information content (AvgIpc) is 2.64. The van der Waals surface area contributed by atoms with Crippen molar-refractivity contribution in [3.05, 3.63) is 75.1 Å². The molecule has 0 aliphatic rings. The van der Waals surface area contributed by atoms with Gasteiger partial charge in [0, 0.05) is 25.2 Å². The van der Waals surface area contributed by atoms with Crippen LogP contribution >= 0.6 is 0 Å². The lowest BCUT2D eigenvalue weighted by atomic mass is 10.1. The third kappa shape index (κ3) is 3.39. The van der Waals surface area contributed by atoms with Crippen LogP contribution < -0.4 is 15.0 Å². The van der Waals surface area contributed by atoms with Crippen LogP contribution in [0.1, 0.15) is 0 Å². The summed E-state index contributed by atoms with van der Waals surface area (Å²) in [5, 5.41) is 15.4. The Morgan fingerprint density at radius 1 is 1.08 bits per heavy atom. The number of hydrogen-bond donors (Lipinski definition) is 0. The molecule has 0 saturated carbocycles. The minimum Gasteiger partial charge on any atom is -0.494 e. The monoisotopic (exact) mass is 353 g/mol. The van der Waals surface area contributed by atoms with Gasteiger partial charge in [-0.05, 0) is 18.2 Å². The van der Waals surface area contributed by atoms with E-state index in [1.54, 1.807) is 12.1 Å². The number of ether oxygens (including phenoxy) is 2. The second-order valence-corrected chi connectivity index (χ2v) is 5.38. The maximum absolute atomic E-state index is 11.8. The Kier molecular flexibility index (Phi) is 4.66. The van der Waals surface area contributed by atoms with Gasteiger partial charge in [-0.15, -0.1) is 0 Å². The molecule has 8 nitrogen and oxygen atoms in total. The average molecular weight is 353 g/mol. The molecule has 1 heterocycles. The lowest BCUT2D eigenvalue weighted by Gasteiger charge is -2.13. The zero-order chi connectivity index (χ0) is 18.7. The minimum absolute atomic E-state index is 0.127. The Hall–Kier alpha value is -3.68. The van der Waals surface area contributed by atoms with Gasteiger partial charge in [0.1, 0.15) is 17.2 Å². The molecular formula is C18H15N3O5. The summed E-state index contributed by atoms with van der Waals surface area (Å²) in [5.41, 5.74) is 0.124. The number of nitrogens with zero attached hydrogens (tertiary/aromatic N) is 3. The highest BCUT2D eigenvalue weighted by molar-refractivity contribution is 5.74. The quantitative estimate of drug-likeness (QED) is 0.516. The van der Waals surface area contributed by atoms with Gasteiger partial charge in [-0.1, -0.05) is 18.2 Å². The summed E-state index contributed by atoms with van der Waals surface area (Å²) in [5.74, 6) is 1.11. The molecule has 0 fully saturated rings. The number of para-hydroxylation sites is 1. The van der Waals surface area contributed by atoms with E-state index in [0.29, 0.717) is 17.1 Å². The first kappa shape index (κ1) is 17.2. The molecule has 0 N–H and O–H groups in total. The van der Waals surface area contributed by atoms with E-state index in [-0.39, 0.29) is 22.7 Å². The van der Waals surface area contributed by atoms with Crippen LogP contribution in [0, 0.1) is 10.1 Å². The number of nitro groups is 1. The summed E-state index contributed by atoms with van der Waals surface area (Å²) in [6.07, 6.45) is 0. The maximum atomic E-state index is 11.8. The molecule has 0 saturated heterocycles. The molecule has 8 heteroatoms. The van der Waals surface area contributed by atoms with E-state index in [1.165, 1.54) is 38.4 Å². The number of aryl methyl sites for hydroxylation is 1. The fourth-order valence-corrected chi connectivity index (χ4v) is 2.39. The first-order valence-corrected chi connectivity index (χ1v) is 7.63. The third-order valence-electron chi connectivity index (χ3n) is 3.68. The molecule has 0 atom stereocenters. The molecular weight excluding hydrogens is 338 g/mol. The van der Waals surface area contributed by atoms with Crippen molar-refractivity contribution in [2.75, 3.05) is 7.11 Å². The van der Waals surface area contributed by atoms with Gasteiger partial charge in [0.05, 0.1) is 17.6 Å². The molecule has 0 unspecified atom stereocenters. The van der Waals surface area contributed by atoms with Crippen LogP contribution in [0.15, 0.2) is 59.4 Å². The molecule has 0 aliphatic heterocycles. The van der Waals surface area contributed by atoms with Crippen molar-refractivity contribution in [3.63, 3.8) is 0 Å². The van der Waals surface area contributed by atoms with Gasteiger partial charge in [0.25, 0.3) is 11.2 Å². The highest BCUT2D eigenvalue weighted by Crippen LogP contribution is 2.38. The largest absolute Gasteiger partial charge is 0.494 e. The Balaban J connectivity index is 2.21. The van der Waals surface area contributed by atoms with Crippen molar-refractivity contribution in [1.29, 1.82) is 0 Å². The van der Waals surface area contributed by atoms with E-state index >= 15 is 0 Å². The lowest BCUT2D eigenvalue weighted by Crippen LogP contribution is -2.19. The number of non-ortho nitro benzene ring substituents is 1. The van der Waals surface area contributed by atoms with Crippen molar-refractivity contribution < 1.29 is 14.4 Å². The standard InChI is InChI=1S/C18H15N3O5/c1-20-17(22)11-16(25-2)18(19-20)14-10-12(21(23)24)8-9-15(14)26-13-6-4-3-5-7-13/h3-11H,1-2H3. The summed E-state index contributed by atoms with van der Waals surface area (Å²) in [7, 11) is 2.88. The number of methoxy groups -OCH3 is 1. The molecule has 132 valence electrons. The Bertz CT molecular complexity index is 1020. The lowest BCUT2D eigenvalue weighted by molar-refractivity contribution is -0.384. The summed E-state index contributed by atoms with van der Waals surface area (Å²) >= 11 is 0. The predicted octanol–water partition coefficient (Wildman–Crippen LogP) is 3.16. The van der Waals surface area contributed by atoms with E-state index < -0.39 is 4.92 Å². The molecule has 0 aliphatic carbocycles. The number of hydrogen-bond acceptors (Lipinski definition) is 6. The van der Waals surface area contributed by atoms with Crippen molar-refractivity contribution in [2.24, 2.45) is 7.05 Å². The minimum atomic E-state index is -0.510. The fourth-order valence-electron chi connectivity index (χ4n) is 2.39.